The minimum atomic E-state index is -0.608. The fraction of sp³-hybridized carbons (Fsp3) is 0.923. The molecule has 0 aromatic heterocycles. The Hall–Kier alpha value is -0.950. The average Bonchev–Trinajstić information content (AvgIpc) is 2.96. The van der Waals surface area contributed by atoms with Crippen LogP contribution in [0.5, 0.6) is 0 Å². The van der Waals surface area contributed by atoms with Crippen LogP contribution in [0.25, 0.3) is 0 Å². The van der Waals surface area contributed by atoms with Gasteiger partial charge in [-0.25, -0.2) is 0 Å². The number of carbonyl (C=O) groups is 1. The third-order valence-corrected chi connectivity index (χ3v) is 15.6. The zero-order valence-corrected chi connectivity index (χ0v) is 31.4. The molecule has 0 aliphatic heterocycles. The first-order chi connectivity index (χ1) is 20.8. The Morgan fingerprint density at radius 1 is 1.04 bits per heavy atom. The van der Waals surface area contributed by atoms with Crippen molar-refractivity contribution < 1.29 is 24.1 Å². The smallest absolute Gasteiger partial charge is 0.307 e. The van der Waals surface area contributed by atoms with E-state index in [4.69, 9.17) is 14.2 Å². The number of fused-ring (bicyclic) bond motifs is 5. The molecule has 0 aromatic rings. The van der Waals surface area contributed by atoms with Gasteiger partial charge in [0.25, 0.3) is 0 Å². The summed E-state index contributed by atoms with van der Waals surface area (Å²) in [5.74, 6) is 0.922. The summed E-state index contributed by atoms with van der Waals surface area (Å²) in [5, 5.41) is 14.5. The Morgan fingerprint density at radius 2 is 1.69 bits per heavy atom. The molecule has 45 heavy (non-hydrogen) atoms. The lowest BCUT2D eigenvalue weighted by atomic mass is 9.34. The van der Waals surface area contributed by atoms with Crippen LogP contribution in [0.3, 0.4) is 0 Å². The zero-order chi connectivity index (χ0) is 34.0. The first-order valence-electron chi connectivity index (χ1n) is 18.0. The second kappa shape index (κ2) is 12.5. The van der Waals surface area contributed by atoms with Crippen molar-refractivity contribution in [2.45, 2.75) is 132 Å². The molecule has 0 spiro atoms. The summed E-state index contributed by atoms with van der Waals surface area (Å²) in [6.45, 7) is 26.7. The molecular weight excluding hydrogens is 562 g/mol. The summed E-state index contributed by atoms with van der Waals surface area (Å²) in [4.78, 5) is 13.4. The largest absolute Gasteiger partial charge is 0.481 e. The van der Waals surface area contributed by atoms with E-state index in [0.29, 0.717) is 42.8 Å². The predicted octanol–water partition coefficient (Wildman–Crippen LogP) is 8.25. The molecule has 0 aromatic carbocycles. The summed E-state index contributed by atoms with van der Waals surface area (Å²) in [7, 11) is 5.73. The fourth-order valence-corrected chi connectivity index (χ4v) is 11.7. The van der Waals surface area contributed by atoms with Gasteiger partial charge in [0.1, 0.15) is 0 Å². The molecular formula is C39H69NO5. The summed E-state index contributed by atoms with van der Waals surface area (Å²) in [5.41, 5.74) is 0.432. The maximum Gasteiger partial charge on any atom is 0.307 e. The molecule has 0 bridgehead atoms. The van der Waals surface area contributed by atoms with Gasteiger partial charge in [-0.05, 0) is 104 Å². The number of hydrogen-bond acceptors (Lipinski definition) is 5. The van der Waals surface area contributed by atoms with Crippen LogP contribution < -0.4 is 5.32 Å². The first-order valence-corrected chi connectivity index (χ1v) is 18.0. The minimum absolute atomic E-state index is 0.0326. The molecule has 260 valence electrons. The van der Waals surface area contributed by atoms with E-state index in [9.17, 15) is 9.90 Å². The van der Waals surface area contributed by atoms with Crippen LogP contribution in [0.15, 0.2) is 11.6 Å². The van der Waals surface area contributed by atoms with Crippen molar-refractivity contribution in [3.8, 4) is 0 Å². The van der Waals surface area contributed by atoms with Crippen LogP contribution in [0.1, 0.15) is 115 Å². The average molecular weight is 632 g/mol. The minimum Gasteiger partial charge on any atom is -0.481 e. The van der Waals surface area contributed by atoms with Gasteiger partial charge in [0.15, 0.2) is 0 Å². The maximum absolute atomic E-state index is 13.4. The van der Waals surface area contributed by atoms with Crippen molar-refractivity contribution in [2.24, 2.45) is 62.6 Å². The topological polar surface area (TPSA) is 77.0 Å². The molecule has 6 heteroatoms. The summed E-state index contributed by atoms with van der Waals surface area (Å²) in [6, 6.07) is 0. The highest BCUT2D eigenvalue weighted by Gasteiger charge is 2.70. The van der Waals surface area contributed by atoms with Crippen molar-refractivity contribution in [3.63, 3.8) is 0 Å². The Labute approximate surface area is 276 Å². The lowest BCUT2D eigenvalue weighted by Crippen LogP contribution is -2.67. The van der Waals surface area contributed by atoms with Crippen molar-refractivity contribution in [1.29, 1.82) is 0 Å². The SMILES string of the molecule is CN[C@](C)(CO[C@H]1[C@H](OC)C[C@]2(COC)C3=CC[C@@]4(C)[C@H](C(=O)O)[C@@](C)([C@H](C)C(C)C)CC[C@]4(C)[C@H]3CC[C@H]2C1(C)C)C(C)C. The predicted molar refractivity (Wildman–Crippen MR) is 183 cm³/mol. The molecule has 2 N–H and O–H groups in total. The molecule has 0 heterocycles. The van der Waals surface area contributed by atoms with Crippen molar-refractivity contribution in [1.82, 2.24) is 5.32 Å². The van der Waals surface area contributed by atoms with E-state index in [1.54, 1.807) is 0 Å². The number of rotatable bonds is 11. The summed E-state index contributed by atoms with van der Waals surface area (Å²) < 4.78 is 19.5. The van der Waals surface area contributed by atoms with Crippen molar-refractivity contribution >= 4 is 5.97 Å². The molecule has 0 saturated heterocycles. The third kappa shape index (κ3) is 5.39. The van der Waals surface area contributed by atoms with Gasteiger partial charge >= 0.3 is 5.97 Å². The van der Waals surface area contributed by atoms with Gasteiger partial charge < -0.3 is 24.6 Å². The van der Waals surface area contributed by atoms with Crippen molar-refractivity contribution in [3.05, 3.63) is 11.6 Å². The van der Waals surface area contributed by atoms with Crippen LogP contribution in [-0.4, -0.2) is 63.3 Å². The van der Waals surface area contributed by atoms with E-state index in [2.05, 4.69) is 87.6 Å². The van der Waals surface area contributed by atoms with Crippen molar-refractivity contribution in [2.75, 3.05) is 34.5 Å². The number of allylic oxidation sites excluding steroid dienone is 1. The lowest BCUT2D eigenvalue weighted by molar-refractivity contribution is -0.225. The Kier molecular flexibility index (Phi) is 10.2. The molecule has 3 saturated carbocycles. The van der Waals surface area contributed by atoms with Gasteiger partial charge in [-0.1, -0.05) is 80.9 Å². The Morgan fingerprint density at radius 3 is 2.20 bits per heavy atom. The van der Waals surface area contributed by atoms with E-state index < -0.39 is 5.97 Å². The summed E-state index contributed by atoms with van der Waals surface area (Å²) in [6.07, 6.45) is 8.30. The number of aliphatic carboxylic acids is 1. The number of nitrogens with one attached hydrogen (secondary N) is 1. The number of carboxylic acids is 1. The molecule has 3 fully saturated rings. The van der Waals surface area contributed by atoms with E-state index in [1.807, 2.05) is 21.3 Å². The van der Waals surface area contributed by atoms with Gasteiger partial charge in [-0.15, -0.1) is 0 Å². The molecule has 0 amide bonds. The number of methoxy groups -OCH3 is 2. The van der Waals surface area contributed by atoms with E-state index >= 15 is 0 Å². The fourth-order valence-electron chi connectivity index (χ4n) is 11.7. The van der Waals surface area contributed by atoms with Crippen LogP contribution in [0.2, 0.25) is 0 Å². The molecule has 4 aliphatic rings. The highest BCUT2D eigenvalue weighted by Crippen LogP contribution is 2.74. The molecule has 6 nitrogen and oxygen atoms in total. The van der Waals surface area contributed by atoms with Gasteiger partial charge in [-0.3, -0.25) is 4.79 Å². The summed E-state index contributed by atoms with van der Waals surface area (Å²) >= 11 is 0. The number of carboxylic acid groups (broad SMARTS) is 1. The number of hydrogen-bond donors (Lipinski definition) is 2. The second-order valence-corrected chi connectivity index (χ2v) is 18.1. The first kappa shape index (κ1) is 36.9. The lowest BCUT2D eigenvalue weighted by Gasteiger charge is -2.70. The third-order valence-electron chi connectivity index (χ3n) is 15.6. The standard InChI is InChI=1S/C39H69NO5/c1-24(2)26(5)35(8)19-20-36(9)27-15-16-30-34(6,7)32(45-22-38(11,40-12)25(3)4)29(44-14)21-39(30,23-43-13)28(27)17-18-37(36,10)31(35)33(41)42/h17,24-27,29-32,40H,15-16,18-23H2,1-14H3,(H,41,42)/t26-,27+,29-,30+,31-,32+,35-,36-,37+,38-,39+/m1/s1. The van der Waals surface area contributed by atoms with Crippen LogP contribution in [0, 0.1) is 62.6 Å². The van der Waals surface area contributed by atoms with Crippen LogP contribution in [-0.2, 0) is 19.0 Å². The van der Waals surface area contributed by atoms with Gasteiger partial charge in [0.2, 0.25) is 0 Å². The quantitative estimate of drug-likeness (QED) is 0.224. The number of likely N-dealkylation sites (N-methyl/N-ethyl adjacent to an activating group) is 1. The molecule has 0 unspecified atom stereocenters. The highest BCUT2D eigenvalue weighted by atomic mass is 16.5. The second-order valence-electron chi connectivity index (χ2n) is 18.1. The van der Waals surface area contributed by atoms with Gasteiger partial charge in [-0.2, -0.15) is 0 Å². The van der Waals surface area contributed by atoms with Crippen LogP contribution >= 0.6 is 0 Å². The molecule has 11 atom stereocenters. The normalized spacial score (nSPS) is 43.1. The van der Waals surface area contributed by atoms with Gasteiger partial charge in [0.05, 0.1) is 31.3 Å². The highest BCUT2D eigenvalue weighted by molar-refractivity contribution is 5.73. The monoisotopic (exact) mass is 632 g/mol. The van der Waals surface area contributed by atoms with Gasteiger partial charge in [0, 0.05) is 25.2 Å². The number of ether oxygens (including phenoxy) is 3. The maximum atomic E-state index is 13.4. The molecule has 0 radical (unpaired) electrons. The van der Waals surface area contributed by atoms with E-state index in [1.165, 1.54) is 5.57 Å². The van der Waals surface area contributed by atoms with E-state index in [-0.39, 0.29) is 50.7 Å². The molecule has 4 aliphatic carbocycles. The Balaban J connectivity index is 1.79. The Bertz CT molecular complexity index is 1120. The molecule has 4 rings (SSSR count). The van der Waals surface area contributed by atoms with Crippen LogP contribution in [0.4, 0.5) is 0 Å². The zero-order valence-electron chi connectivity index (χ0n) is 31.4. The van der Waals surface area contributed by atoms with E-state index in [0.717, 1.165) is 38.5 Å².